The van der Waals surface area contributed by atoms with Gasteiger partial charge in [0.1, 0.15) is 11.8 Å². The summed E-state index contributed by atoms with van der Waals surface area (Å²) in [4.78, 5) is 19.8. The van der Waals surface area contributed by atoms with Crippen molar-refractivity contribution in [2.45, 2.75) is 38.5 Å². The molecule has 3 aromatic rings. The number of halogens is 1. The van der Waals surface area contributed by atoms with Gasteiger partial charge in [0.25, 0.3) is 0 Å². The maximum absolute atomic E-state index is 13.7. The van der Waals surface area contributed by atoms with E-state index >= 15 is 0 Å². The molecule has 3 N–H and O–H groups in total. The molecule has 0 aliphatic carbocycles. The van der Waals surface area contributed by atoms with Crippen LogP contribution in [-0.2, 0) is 11.3 Å². The van der Waals surface area contributed by atoms with Crippen molar-refractivity contribution in [1.29, 1.82) is 0 Å². The number of hydrazine groups is 1. The summed E-state index contributed by atoms with van der Waals surface area (Å²) < 4.78 is 11.3. The van der Waals surface area contributed by atoms with E-state index in [1.54, 1.807) is 31.6 Å². The number of phenols is 1. The lowest BCUT2D eigenvalue weighted by molar-refractivity contribution is -0.131. The second kappa shape index (κ2) is 9.97. The number of carbonyl (C=O) groups is 1. The molecular formula is C27H29ClN4O4. The number of rotatable bonds is 7. The number of methoxy groups -OCH3 is 1. The summed E-state index contributed by atoms with van der Waals surface area (Å²) in [6.45, 7) is 4.68. The number of benzene rings is 2. The Morgan fingerprint density at radius 3 is 2.67 bits per heavy atom. The number of aromatic hydroxyl groups is 1. The smallest absolute Gasteiger partial charge is 0.242 e. The van der Waals surface area contributed by atoms with Crippen molar-refractivity contribution in [3.05, 3.63) is 82.1 Å². The number of fused-ring (bicyclic) bond motifs is 1. The largest absolute Gasteiger partial charge is 0.508 e. The Labute approximate surface area is 215 Å². The lowest BCUT2D eigenvalue weighted by Crippen LogP contribution is -2.41. The fourth-order valence-corrected chi connectivity index (χ4v) is 5.48. The Bertz CT molecular complexity index is 1270. The number of nitrogens with one attached hydrogen (secondary N) is 2. The van der Waals surface area contributed by atoms with Gasteiger partial charge in [-0.1, -0.05) is 23.7 Å². The molecular weight excluding hydrogens is 480 g/mol. The van der Waals surface area contributed by atoms with Crippen LogP contribution in [0, 0.1) is 12.8 Å². The summed E-state index contributed by atoms with van der Waals surface area (Å²) in [5.74, 6) is 1.11. The summed E-state index contributed by atoms with van der Waals surface area (Å²) in [5, 5.41) is 11.4. The average Bonchev–Trinajstić information content (AvgIpc) is 3.41. The normalized spacial score (nSPS) is 23.1. The van der Waals surface area contributed by atoms with Crippen molar-refractivity contribution in [2.24, 2.45) is 5.92 Å². The van der Waals surface area contributed by atoms with E-state index in [9.17, 15) is 9.90 Å². The van der Waals surface area contributed by atoms with Crippen LogP contribution in [0.2, 0.25) is 5.02 Å². The number of hydrogen-bond donors (Lipinski definition) is 3. The van der Waals surface area contributed by atoms with Crippen LogP contribution in [0.4, 0.5) is 0 Å². The predicted octanol–water partition coefficient (Wildman–Crippen LogP) is 4.07. The molecule has 2 saturated heterocycles. The Hall–Kier alpha value is -3.33. The maximum atomic E-state index is 13.7. The lowest BCUT2D eigenvalue weighted by atomic mass is 9.82. The van der Waals surface area contributed by atoms with Crippen LogP contribution in [0.15, 0.2) is 54.9 Å². The number of likely N-dealkylation sites (tertiary alicyclic amines) is 1. The first-order valence-corrected chi connectivity index (χ1v) is 12.3. The second-order valence-corrected chi connectivity index (χ2v) is 9.50. The summed E-state index contributed by atoms with van der Waals surface area (Å²) >= 11 is 6.44. The van der Waals surface area contributed by atoms with Crippen LogP contribution in [0.25, 0.3) is 0 Å². The molecule has 4 unspecified atom stereocenters. The molecule has 0 spiro atoms. The fraction of sp³-hybridized carbons (Fsp3) is 0.333. The maximum Gasteiger partial charge on any atom is 0.242 e. The zero-order valence-electron chi connectivity index (χ0n) is 20.4. The molecule has 8 nitrogen and oxygen atoms in total. The summed E-state index contributed by atoms with van der Waals surface area (Å²) in [6, 6.07) is 11.9. The fourth-order valence-electron chi connectivity index (χ4n) is 5.30. The Morgan fingerprint density at radius 1 is 1.14 bits per heavy atom. The van der Waals surface area contributed by atoms with E-state index in [0.717, 1.165) is 16.7 Å². The third-order valence-corrected chi connectivity index (χ3v) is 7.37. The molecule has 36 heavy (non-hydrogen) atoms. The van der Waals surface area contributed by atoms with Crippen LogP contribution in [-0.4, -0.2) is 40.7 Å². The first-order valence-electron chi connectivity index (χ1n) is 11.9. The molecule has 0 saturated carbocycles. The number of aryl methyl sites for hydroxylation is 1. The van der Waals surface area contributed by atoms with E-state index in [2.05, 4.69) is 15.8 Å². The molecule has 2 aromatic carbocycles. The van der Waals surface area contributed by atoms with Gasteiger partial charge in [0.2, 0.25) is 5.91 Å². The van der Waals surface area contributed by atoms with Gasteiger partial charge in [-0.15, -0.1) is 0 Å². The quantitative estimate of drug-likeness (QED) is 0.442. The molecule has 0 radical (unpaired) electrons. The van der Waals surface area contributed by atoms with Gasteiger partial charge >= 0.3 is 0 Å². The molecule has 2 aliphatic heterocycles. The lowest BCUT2D eigenvalue weighted by Gasteiger charge is -2.32. The second-order valence-electron chi connectivity index (χ2n) is 9.10. The average molecular weight is 509 g/mol. The Balaban J connectivity index is 1.61. The molecule has 1 aromatic heterocycles. The molecule has 2 aliphatic rings. The summed E-state index contributed by atoms with van der Waals surface area (Å²) in [6.07, 6.45) is 3.48. The topological polar surface area (TPSA) is 96.0 Å². The van der Waals surface area contributed by atoms with Crippen molar-refractivity contribution < 1.29 is 19.4 Å². The van der Waals surface area contributed by atoms with E-state index in [1.165, 1.54) is 0 Å². The van der Waals surface area contributed by atoms with Crippen LogP contribution >= 0.6 is 11.6 Å². The van der Waals surface area contributed by atoms with Crippen LogP contribution < -0.4 is 20.3 Å². The number of nitrogens with zero attached hydrogens (tertiary/aromatic N) is 2. The van der Waals surface area contributed by atoms with E-state index in [-0.39, 0.29) is 29.7 Å². The number of carbonyl (C=O) groups excluding carboxylic acids is 1. The molecule has 0 bridgehead atoms. The molecule has 5 rings (SSSR count). The monoisotopic (exact) mass is 508 g/mol. The Morgan fingerprint density at radius 2 is 1.94 bits per heavy atom. The SMILES string of the molecule is CCOc1ccc(C2C3C(NNC3c3cc(Cl)c(C)cc3O)C(=O)N2Cc2cccnc2)cc1OC. The third kappa shape index (κ3) is 4.25. The molecule has 4 atom stereocenters. The zero-order valence-corrected chi connectivity index (χ0v) is 21.1. The summed E-state index contributed by atoms with van der Waals surface area (Å²) in [5.41, 5.74) is 9.71. The van der Waals surface area contributed by atoms with Crippen molar-refractivity contribution >= 4 is 17.5 Å². The molecule has 1 amide bonds. The molecule has 3 heterocycles. The highest BCUT2D eigenvalue weighted by atomic mass is 35.5. The highest BCUT2D eigenvalue weighted by molar-refractivity contribution is 6.31. The van der Waals surface area contributed by atoms with Gasteiger partial charge in [-0.25, -0.2) is 10.9 Å². The zero-order chi connectivity index (χ0) is 25.4. The van der Waals surface area contributed by atoms with Crippen molar-refractivity contribution in [3.63, 3.8) is 0 Å². The number of amides is 1. The number of pyridine rings is 1. The number of hydrogen-bond acceptors (Lipinski definition) is 7. The van der Waals surface area contributed by atoms with Crippen LogP contribution in [0.1, 0.15) is 41.3 Å². The third-order valence-electron chi connectivity index (χ3n) is 6.96. The standard InChI is InChI=1S/C27H29ClN4O4/c1-4-36-21-8-7-17(11-22(21)35-3)26-23-24(18-12-19(28)15(2)10-20(18)33)30-31-25(23)27(34)32(26)14-16-6-5-9-29-13-16/h5-13,23-26,30-31,33H,4,14H2,1-3H3. The van der Waals surface area contributed by atoms with Crippen molar-refractivity contribution in [3.8, 4) is 17.2 Å². The van der Waals surface area contributed by atoms with Gasteiger partial charge in [0.05, 0.1) is 25.8 Å². The Kier molecular flexibility index (Phi) is 6.75. The first-order chi connectivity index (χ1) is 17.4. The van der Waals surface area contributed by atoms with Crippen molar-refractivity contribution in [2.75, 3.05) is 13.7 Å². The molecule has 188 valence electrons. The minimum atomic E-state index is -0.492. The number of phenolic OH excluding ortho intramolecular Hbond substituents is 1. The molecule has 9 heteroatoms. The van der Waals surface area contributed by atoms with Gasteiger partial charge < -0.3 is 19.5 Å². The van der Waals surface area contributed by atoms with Crippen LogP contribution in [0.3, 0.4) is 0 Å². The van der Waals surface area contributed by atoms with E-state index < -0.39 is 6.04 Å². The van der Waals surface area contributed by atoms with Gasteiger partial charge in [0.15, 0.2) is 11.5 Å². The predicted molar refractivity (Wildman–Crippen MR) is 136 cm³/mol. The number of ether oxygens (including phenoxy) is 2. The minimum absolute atomic E-state index is 0.0330. The summed E-state index contributed by atoms with van der Waals surface area (Å²) in [7, 11) is 1.60. The van der Waals surface area contributed by atoms with E-state index in [1.807, 2.05) is 49.1 Å². The van der Waals surface area contributed by atoms with Gasteiger partial charge in [-0.2, -0.15) is 0 Å². The van der Waals surface area contributed by atoms with E-state index in [0.29, 0.717) is 35.2 Å². The molecule has 2 fully saturated rings. The first kappa shape index (κ1) is 24.4. The highest BCUT2D eigenvalue weighted by Gasteiger charge is 2.56. The van der Waals surface area contributed by atoms with Gasteiger partial charge in [0, 0.05) is 35.4 Å². The van der Waals surface area contributed by atoms with E-state index in [4.69, 9.17) is 21.1 Å². The van der Waals surface area contributed by atoms with Gasteiger partial charge in [-0.3, -0.25) is 9.78 Å². The minimum Gasteiger partial charge on any atom is -0.508 e. The number of aromatic nitrogens is 1. The highest BCUT2D eigenvalue weighted by Crippen LogP contribution is 2.50. The van der Waals surface area contributed by atoms with Gasteiger partial charge in [-0.05, 0) is 60.9 Å². The van der Waals surface area contributed by atoms with Crippen molar-refractivity contribution in [1.82, 2.24) is 20.7 Å². The van der Waals surface area contributed by atoms with Crippen LogP contribution in [0.5, 0.6) is 17.2 Å².